The molecule has 96 valence electrons. The topological polar surface area (TPSA) is 82.0 Å². The number of pyridine rings is 1. The molecule has 0 aliphatic carbocycles. The number of oxazole rings is 1. The molecular weight excluding hydrogens is 262 g/mol. The summed E-state index contributed by atoms with van der Waals surface area (Å²) >= 11 is 0. The Bertz CT molecular complexity index is 740. The van der Waals surface area contributed by atoms with E-state index in [2.05, 4.69) is 9.97 Å². The number of benzene rings is 1. The van der Waals surface area contributed by atoms with Crippen LogP contribution in [0.5, 0.6) is 0 Å². The Kier molecular flexibility index (Phi) is 3.00. The summed E-state index contributed by atoms with van der Waals surface area (Å²) in [6.45, 7) is 0. The van der Waals surface area contributed by atoms with Crippen LogP contribution in [0.25, 0.3) is 11.1 Å². The van der Waals surface area contributed by atoms with E-state index in [0.29, 0.717) is 22.5 Å². The number of nitrogens with two attached hydrogens (primary N) is 1. The normalized spacial score (nSPS) is 12.6. The molecule has 2 aromatic heterocycles. The summed E-state index contributed by atoms with van der Waals surface area (Å²) in [5, 5.41) is 0.220. The minimum atomic E-state index is -1.32. The number of fused-ring (bicyclic) bond motifs is 1. The van der Waals surface area contributed by atoms with Crippen molar-refractivity contribution in [1.82, 2.24) is 9.97 Å². The van der Waals surface area contributed by atoms with Crippen LogP contribution in [-0.4, -0.2) is 14.2 Å². The smallest absolute Gasteiger partial charge is 0.288 e. The molecule has 1 unspecified atom stereocenters. The minimum Gasteiger partial charge on any atom is -0.430 e. The molecule has 19 heavy (non-hydrogen) atoms. The molecule has 6 heteroatoms. The van der Waals surface area contributed by atoms with Crippen LogP contribution >= 0.6 is 0 Å². The number of hydrogen-bond acceptors (Lipinski definition) is 5. The zero-order valence-electron chi connectivity index (χ0n) is 9.95. The Morgan fingerprint density at radius 1 is 1.21 bits per heavy atom. The van der Waals surface area contributed by atoms with E-state index >= 15 is 0 Å². The average molecular weight is 273 g/mol. The van der Waals surface area contributed by atoms with Crippen LogP contribution in [0.4, 0.5) is 5.69 Å². The fourth-order valence-corrected chi connectivity index (χ4v) is 2.71. The van der Waals surface area contributed by atoms with Crippen molar-refractivity contribution in [3.05, 3.63) is 48.3 Å². The van der Waals surface area contributed by atoms with Gasteiger partial charge in [-0.25, -0.2) is 9.19 Å². The van der Waals surface area contributed by atoms with Crippen LogP contribution in [0.1, 0.15) is 5.56 Å². The van der Waals surface area contributed by atoms with E-state index in [1.807, 2.05) is 12.1 Å². The molecule has 0 saturated heterocycles. The summed E-state index contributed by atoms with van der Waals surface area (Å²) in [6, 6.07) is 8.79. The maximum Gasteiger partial charge on any atom is 0.288 e. The van der Waals surface area contributed by atoms with Crippen molar-refractivity contribution in [2.45, 2.75) is 11.0 Å². The summed E-state index contributed by atoms with van der Waals surface area (Å²) in [5.74, 6) is 0.352. The summed E-state index contributed by atoms with van der Waals surface area (Å²) in [6.07, 6.45) is 3.33. The molecule has 0 radical (unpaired) electrons. The van der Waals surface area contributed by atoms with E-state index in [1.165, 1.54) is 0 Å². The molecule has 1 aromatic carbocycles. The van der Waals surface area contributed by atoms with Gasteiger partial charge in [0, 0.05) is 18.1 Å². The Labute approximate surface area is 111 Å². The number of aromatic nitrogens is 2. The van der Waals surface area contributed by atoms with E-state index in [9.17, 15) is 4.21 Å². The van der Waals surface area contributed by atoms with E-state index in [-0.39, 0.29) is 5.22 Å². The first-order valence-corrected chi connectivity index (χ1v) is 6.97. The molecule has 0 aliphatic rings. The second-order valence-corrected chi connectivity index (χ2v) is 5.38. The second-order valence-electron chi connectivity index (χ2n) is 4.05. The van der Waals surface area contributed by atoms with Crippen LogP contribution in [0, 0.1) is 0 Å². The van der Waals surface area contributed by atoms with Crippen molar-refractivity contribution in [3.63, 3.8) is 0 Å². The zero-order chi connectivity index (χ0) is 13.2. The van der Waals surface area contributed by atoms with Gasteiger partial charge in [-0.2, -0.15) is 0 Å². The van der Waals surface area contributed by atoms with Gasteiger partial charge in [0.15, 0.2) is 5.58 Å². The lowest BCUT2D eigenvalue weighted by Crippen LogP contribution is -1.96. The van der Waals surface area contributed by atoms with Gasteiger partial charge in [-0.05, 0) is 35.9 Å². The second kappa shape index (κ2) is 4.81. The van der Waals surface area contributed by atoms with Gasteiger partial charge < -0.3 is 10.2 Å². The molecule has 0 saturated carbocycles. The predicted molar refractivity (Wildman–Crippen MR) is 72.8 cm³/mol. The highest BCUT2D eigenvalue weighted by atomic mass is 32.2. The van der Waals surface area contributed by atoms with Gasteiger partial charge in [-0.15, -0.1) is 0 Å². The Hall–Kier alpha value is -2.21. The number of hydrogen-bond donors (Lipinski definition) is 1. The lowest BCUT2D eigenvalue weighted by Gasteiger charge is -1.97. The van der Waals surface area contributed by atoms with Crippen molar-refractivity contribution < 1.29 is 8.63 Å². The Morgan fingerprint density at radius 2 is 2.00 bits per heavy atom. The summed E-state index contributed by atoms with van der Waals surface area (Å²) in [5.41, 5.74) is 8.41. The third-order valence-corrected chi connectivity index (χ3v) is 3.79. The van der Waals surface area contributed by atoms with Crippen molar-refractivity contribution in [3.8, 4) is 0 Å². The van der Waals surface area contributed by atoms with Gasteiger partial charge in [-0.3, -0.25) is 4.98 Å². The maximum absolute atomic E-state index is 12.2. The van der Waals surface area contributed by atoms with Crippen molar-refractivity contribution in [2.75, 3.05) is 5.73 Å². The first-order chi connectivity index (χ1) is 9.22. The van der Waals surface area contributed by atoms with E-state index < -0.39 is 10.8 Å². The molecule has 3 rings (SSSR count). The fourth-order valence-electron chi connectivity index (χ4n) is 1.71. The summed E-state index contributed by atoms with van der Waals surface area (Å²) < 4.78 is 17.6. The molecule has 5 nitrogen and oxygen atoms in total. The molecule has 0 amide bonds. The van der Waals surface area contributed by atoms with Crippen molar-refractivity contribution in [2.24, 2.45) is 0 Å². The molecule has 2 heterocycles. The minimum absolute atomic E-state index is 0.220. The van der Waals surface area contributed by atoms with Crippen molar-refractivity contribution >= 4 is 27.6 Å². The largest absolute Gasteiger partial charge is 0.430 e. The molecule has 0 fully saturated rings. The third-order valence-electron chi connectivity index (χ3n) is 2.63. The first-order valence-electron chi connectivity index (χ1n) is 5.66. The van der Waals surface area contributed by atoms with E-state index in [0.717, 1.165) is 5.56 Å². The predicted octanol–water partition coefficient (Wildman–Crippen LogP) is 2.11. The standard InChI is InChI=1S/C13H11N3O2S/c14-10-1-2-12-11(7-10)16-13(18-12)19(17)8-9-3-5-15-6-4-9/h1-7H,8,14H2. The molecule has 0 spiro atoms. The lowest BCUT2D eigenvalue weighted by atomic mass is 10.3. The molecule has 2 N–H and O–H groups in total. The van der Waals surface area contributed by atoms with Gasteiger partial charge >= 0.3 is 0 Å². The van der Waals surface area contributed by atoms with Gasteiger partial charge in [0.05, 0.1) is 5.75 Å². The first kappa shape index (κ1) is 11.9. The number of rotatable bonds is 3. The number of nitrogen functional groups attached to an aromatic ring is 1. The van der Waals surface area contributed by atoms with E-state index in [4.69, 9.17) is 10.2 Å². The van der Waals surface area contributed by atoms with Crippen LogP contribution < -0.4 is 5.73 Å². The third kappa shape index (κ3) is 2.48. The molecular formula is C13H11N3O2S. The maximum atomic E-state index is 12.2. The molecule has 0 bridgehead atoms. The number of nitrogens with zero attached hydrogens (tertiary/aromatic N) is 2. The average Bonchev–Trinajstić information content (AvgIpc) is 2.83. The van der Waals surface area contributed by atoms with Gasteiger partial charge in [-0.1, -0.05) is 0 Å². The summed E-state index contributed by atoms with van der Waals surface area (Å²) in [7, 11) is -1.32. The van der Waals surface area contributed by atoms with E-state index in [1.54, 1.807) is 30.6 Å². The van der Waals surface area contributed by atoms with Crippen LogP contribution in [0.15, 0.2) is 52.4 Å². The highest BCUT2D eigenvalue weighted by molar-refractivity contribution is 7.84. The van der Waals surface area contributed by atoms with Gasteiger partial charge in [0.2, 0.25) is 0 Å². The molecule has 3 aromatic rings. The Morgan fingerprint density at radius 3 is 2.79 bits per heavy atom. The highest BCUT2D eigenvalue weighted by Gasteiger charge is 2.13. The van der Waals surface area contributed by atoms with Crippen LogP contribution in [-0.2, 0) is 16.6 Å². The number of anilines is 1. The SMILES string of the molecule is Nc1ccc2oc(S(=O)Cc3ccncc3)nc2c1. The van der Waals surface area contributed by atoms with Crippen LogP contribution in [0.3, 0.4) is 0 Å². The fraction of sp³-hybridized carbons (Fsp3) is 0.0769. The quantitative estimate of drug-likeness (QED) is 0.739. The molecule has 1 atom stereocenters. The monoisotopic (exact) mass is 273 g/mol. The lowest BCUT2D eigenvalue weighted by molar-refractivity contribution is 0.477. The zero-order valence-corrected chi connectivity index (χ0v) is 10.8. The highest BCUT2D eigenvalue weighted by Crippen LogP contribution is 2.21. The Balaban J connectivity index is 1.89. The van der Waals surface area contributed by atoms with Gasteiger partial charge in [0.1, 0.15) is 16.3 Å². The van der Waals surface area contributed by atoms with Gasteiger partial charge in [0.25, 0.3) is 5.22 Å². The van der Waals surface area contributed by atoms with Crippen LogP contribution in [0.2, 0.25) is 0 Å². The summed E-state index contributed by atoms with van der Waals surface area (Å²) in [4.78, 5) is 8.13. The molecule has 0 aliphatic heterocycles. The van der Waals surface area contributed by atoms with Crippen molar-refractivity contribution in [1.29, 1.82) is 0 Å².